The molecule has 18 heavy (non-hydrogen) atoms. The van der Waals surface area contributed by atoms with Crippen molar-refractivity contribution in [2.75, 3.05) is 0 Å². The van der Waals surface area contributed by atoms with Gasteiger partial charge in [0, 0.05) is 5.54 Å². The van der Waals surface area contributed by atoms with Crippen LogP contribution in [0, 0.1) is 13.8 Å². The van der Waals surface area contributed by atoms with Crippen LogP contribution < -0.4 is 5.73 Å². The fraction of sp³-hybridized carbons (Fsp3) is 0.625. The predicted molar refractivity (Wildman–Crippen MR) is 76.2 cm³/mol. The summed E-state index contributed by atoms with van der Waals surface area (Å²) in [7, 11) is 0. The van der Waals surface area contributed by atoms with Gasteiger partial charge < -0.3 is 10.8 Å². The van der Waals surface area contributed by atoms with Gasteiger partial charge in [-0.15, -0.1) is 0 Å². The molecule has 0 atom stereocenters. The van der Waals surface area contributed by atoms with E-state index >= 15 is 0 Å². The van der Waals surface area contributed by atoms with Crippen LogP contribution in [0.4, 0.5) is 0 Å². The molecule has 0 spiro atoms. The van der Waals surface area contributed by atoms with E-state index in [-0.39, 0.29) is 5.54 Å². The van der Waals surface area contributed by atoms with Gasteiger partial charge in [-0.3, -0.25) is 0 Å². The Labute approximate surface area is 110 Å². The van der Waals surface area contributed by atoms with Gasteiger partial charge in [0.2, 0.25) is 0 Å². The Morgan fingerprint density at radius 1 is 1.06 bits per heavy atom. The Morgan fingerprint density at radius 3 is 2.06 bits per heavy atom. The van der Waals surface area contributed by atoms with Gasteiger partial charge in [0.25, 0.3) is 0 Å². The molecular formula is C16H25NO. The van der Waals surface area contributed by atoms with Crippen molar-refractivity contribution in [1.29, 1.82) is 0 Å². The zero-order valence-corrected chi connectivity index (χ0v) is 12.1. The Balaban J connectivity index is 2.57. The lowest BCUT2D eigenvalue weighted by molar-refractivity contribution is 0.442. The number of rotatable bonds is 2. The van der Waals surface area contributed by atoms with Crippen LogP contribution in [0.3, 0.4) is 0 Å². The first-order chi connectivity index (χ1) is 8.31. The fourth-order valence-corrected chi connectivity index (χ4v) is 3.13. The molecule has 0 aliphatic heterocycles. The molecule has 0 unspecified atom stereocenters. The molecule has 1 aliphatic carbocycles. The number of aromatic hydroxyl groups is 1. The van der Waals surface area contributed by atoms with Gasteiger partial charge in [0.15, 0.2) is 0 Å². The average Bonchev–Trinajstić information content (AvgIpc) is 2.31. The highest BCUT2D eigenvalue weighted by molar-refractivity contribution is 5.55. The summed E-state index contributed by atoms with van der Waals surface area (Å²) in [6.07, 6.45) is 5.51. The van der Waals surface area contributed by atoms with Crippen molar-refractivity contribution in [3.63, 3.8) is 0 Å². The van der Waals surface area contributed by atoms with Crippen molar-refractivity contribution < 1.29 is 5.11 Å². The third kappa shape index (κ3) is 2.39. The van der Waals surface area contributed by atoms with Gasteiger partial charge in [0.05, 0.1) is 0 Å². The Bertz CT molecular complexity index is 469. The quantitative estimate of drug-likeness (QED) is 0.843. The van der Waals surface area contributed by atoms with Gasteiger partial charge >= 0.3 is 0 Å². The van der Waals surface area contributed by atoms with Crippen molar-refractivity contribution >= 4 is 0 Å². The summed E-state index contributed by atoms with van der Waals surface area (Å²) < 4.78 is 0. The van der Waals surface area contributed by atoms with Crippen molar-refractivity contribution in [1.82, 2.24) is 0 Å². The normalized spacial score (nSPS) is 15.6. The summed E-state index contributed by atoms with van der Waals surface area (Å²) in [5.41, 5.74) is 12.1. The summed E-state index contributed by atoms with van der Waals surface area (Å²) in [6.45, 7) is 8.22. The van der Waals surface area contributed by atoms with Crippen molar-refractivity contribution in [2.45, 2.75) is 65.3 Å². The van der Waals surface area contributed by atoms with Crippen LogP contribution in [0.2, 0.25) is 0 Å². The summed E-state index contributed by atoms with van der Waals surface area (Å²) in [6, 6.07) is 0. The lowest BCUT2D eigenvalue weighted by Crippen LogP contribution is -2.35. The van der Waals surface area contributed by atoms with Crippen LogP contribution in [0.15, 0.2) is 0 Å². The number of benzene rings is 1. The molecule has 0 bridgehead atoms. The van der Waals surface area contributed by atoms with Gasteiger partial charge in [-0.25, -0.2) is 0 Å². The monoisotopic (exact) mass is 247 g/mol. The van der Waals surface area contributed by atoms with E-state index in [2.05, 4.69) is 6.92 Å². The van der Waals surface area contributed by atoms with Crippen molar-refractivity contribution in [2.24, 2.45) is 5.73 Å². The number of phenolic OH excluding ortho intramolecular Hbond substituents is 1. The fourth-order valence-electron chi connectivity index (χ4n) is 3.13. The molecule has 3 N–H and O–H groups in total. The van der Waals surface area contributed by atoms with E-state index in [9.17, 15) is 5.11 Å². The van der Waals surface area contributed by atoms with E-state index in [1.54, 1.807) is 0 Å². The van der Waals surface area contributed by atoms with Crippen molar-refractivity contribution in [3.05, 3.63) is 27.8 Å². The second-order valence-electron chi connectivity index (χ2n) is 6.41. The molecule has 0 saturated heterocycles. The highest BCUT2D eigenvalue weighted by atomic mass is 16.3. The Morgan fingerprint density at radius 2 is 1.56 bits per heavy atom. The van der Waals surface area contributed by atoms with Gasteiger partial charge in [-0.2, -0.15) is 0 Å². The Hall–Kier alpha value is -1.02. The molecule has 0 fully saturated rings. The number of phenols is 1. The first kappa shape index (κ1) is 13.4. The smallest absolute Gasteiger partial charge is 0.122 e. The molecule has 1 aliphatic rings. The topological polar surface area (TPSA) is 46.2 Å². The molecule has 1 aromatic carbocycles. The van der Waals surface area contributed by atoms with Crippen LogP contribution in [0.25, 0.3) is 0 Å². The molecule has 0 aromatic heterocycles. The van der Waals surface area contributed by atoms with E-state index in [0.29, 0.717) is 5.75 Å². The van der Waals surface area contributed by atoms with Crippen LogP contribution in [0.1, 0.15) is 54.5 Å². The maximum absolute atomic E-state index is 10.4. The van der Waals surface area contributed by atoms with E-state index in [0.717, 1.165) is 30.4 Å². The third-order valence-corrected chi connectivity index (χ3v) is 4.10. The first-order valence-electron chi connectivity index (χ1n) is 6.93. The molecule has 2 rings (SSSR count). The average molecular weight is 247 g/mol. The number of hydrogen-bond acceptors (Lipinski definition) is 2. The predicted octanol–water partition coefficient (Wildman–Crippen LogP) is 3.17. The summed E-state index contributed by atoms with van der Waals surface area (Å²) in [5.74, 6) is 0.478. The maximum atomic E-state index is 10.4. The zero-order chi connectivity index (χ0) is 13.5. The number of nitrogens with two attached hydrogens (primary N) is 1. The van der Waals surface area contributed by atoms with Crippen LogP contribution >= 0.6 is 0 Å². The molecular weight excluding hydrogens is 222 g/mol. The molecule has 0 saturated carbocycles. The number of hydrogen-bond donors (Lipinski definition) is 2. The van der Waals surface area contributed by atoms with Crippen LogP contribution in [0.5, 0.6) is 5.75 Å². The minimum Gasteiger partial charge on any atom is -0.507 e. The maximum Gasteiger partial charge on any atom is 0.122 e. The van der Waals surface area contributed by atoms with Crippen LogP contribution in [-0.2, 0) is 19.3 Å². The third-order valence-electron chi connectivity index (χ3n) is 4.10. The minimum atomic E-state index is -0.280. The van der Waals surface area contributed by atoms with Gasteiger partial charge in [0.1, 0.15) is 5.75 Å². The summed E-state index contributed by atoms with van der Waals surface area (Å²) in [5, 5.41) is 10.4. The highest BCUT2D eigenvalue weighted by Crippen LogP contribution is 2.37. The molecule has 100 valence electrons. The van der Waals surface area contributed by atoms with E-state index < -0.39 is 0 Å². The molecule has 0 amide bonds. The lowest BCUT2D eigenvalue weighted by Gasteiger charge is -2.27. The number of fused-ring (bicyclic) bond motifs is 1. The molecule has 2 nitrogen and oxygen atoms in total. The van der Waals surface area contributed by atoms with Crippen molar-refractivity contribution in [3.8, 4) is 5.75 Å². The zero-order valence-electron chi connectivity index (χ0n) is 12.1. The van der Waals surface area contributed by atoms with Crippen LogP contribution in [-0.4, -0.2) is 10.6 Å². The van der Waals surface area contributed by atoms with Gasteiger partial charge in [-0.05, 0) is 87.6 Å². The van der Waals surface area contributed by atoms with Gasteiger partial charge in [-0.1, -0.05) is 0 Å². The highest BCUT2D eigenvalue weighted by Gasteiger charge is 2.24. The summed E-state index contributed by atoms with van der Waals surface area (Å²) in [4.78, 5) is 0. The SMILES string of the molecule is Cc1c(O)c(CC(C)(C)N)c(C)c2c1CCCC2. The molecule has 0 heterocycles. The molecule has 2 heteroatoms. The van der Waals surface area contributed by atoms with E-state index in [1.807, 2.05) is 20.8 Å². The lowest BCUT2D eigenvalue weighted by atomic mass is 9.80. The van der Waals surface area contributed by atoms with E-state index in [1.165, 1.54) is 29.5 Å². The molecule has 1 aromatic rings. The minimum absolute atomic E-state index is 0.280. The Kier molecular flexibility index (Phi) is 3.41. The first-order valence-corrected chi connectivity index (χ1v) is 6.93. The molecule has 0 radical (unpaired) electrons. The van der Waals surface area contributed by atoms with E-state index in [4.69, 9.17) is 5.73 Å². The second kappa shape index (κ2) is 4.58. The largest absolute Gasteiger partial charge is 0.507 e. The summed E-state index contributed by atoms with van der Waals surface area (Å²) >= 11 is 0. The standard InChI is InChI=1S/C16H25NO/c1-10-12-7-5-6-8-13(12)11(2)15(18)14(10)9-16(3,4)17/h18H,5-9,17H2,1-4H3. The second-order valence-corrected chi connectivity index (χ2v) is 6.41.